The summed E-state index contributed by atoms with van der Waals surface area (Å²) in [5, 5.41) is 2.38. The highest BCUT2D eigenvalue weighted by molar-refractivity contribution is 9.11. The third-order valence-corrected chi connectivity index (χ3v) is 3.76. The number of nitrogens with one attached hydrogen (secondary N) is 1. The maximum absolute atomic E-state index is 12.3. The molecule has 0 heterocycles. The lowest BCUT2D eigenvalue weighted by Crippen LogP contribution is -2.42. The van der Waals surface area contributed by atoms with E-state index in [1.165, 1.54) is 14.0 Å². The second-order valence-corrected chi connectivity index (χ2v) is 6.02. The first-order chi connectivity index (χ1) is 9.76. The third kappa shape index (κ3) is 4.82. The minimum absolute atomic E-state index is 0.237. The van der Waals surface area contributed by atoms with Crippen LogP contribution in [0.1, 0.15) is 23.7 Å². The van der Waals surface area contributed by atoms with Crippen molar-refractivity contribution < 1.29 is 19.1 Å². The van der Waals surface area contributed by atoms with Gasteiger partial charge in [-0.05, 0) is 28.1 Å². The Morgan fingerprint density at radius 1 is 1.33 bits per heavy atom. The number of hydrogen-bond acceptors (Lipinski definition) is 5. The van der Waals surface area contributed by atoms with Crippen molar-refractivity contribution in [2.45, 2.75) is 19.4 Å². The summed E-state index contributed by atoms with van der Waals surface area (Å²) >= 11 is 6.51. The van der Waals surface area contributed by atoms with Crippen molar-refractivity contribution in [3.63, 3.8) is 0 Å². The molecule has 0 saturated heterocycles. The van der Waals surface area contributed by atoms with E-state index in [9.17, 15) is 14.4 Å². The Morgan fingerprint density at radius 3 is 2.48 bits per heavy atom. The predicted octanol–water partition coefficient (Wildman–Crippen LogP) is 2.04. The number of esters is 1. The van der Waals surface area contributed by atoms with Crippen molar-refractivity contribution in [2.75, 3.05) is 12.8 Å². The van der Waals surface area contributed by atoms with Gasteiger partial charge in [-0.15, -0.1) is 0 Å². The number of halogens is 2. The van der Waals surface area contributed by atoms with Gasteiger partial charge in [-0.3, -0.25) is 9.59 Å². The van der Waals surface area contributed by atoms with Gasteiger partial charge in [-0.25, -0.2) is 4.79 Å². The van der Waals surface area contributed by atoms with E-state index in [0.717, 1.165) is 0 Å². The van der Waals surface area contributed by atoms with Crippen LogP contribution in [-0.4, -0.2) is 30.8 Å². The minimum atomic E-state index is -1.04. The number of ether oxygens (including phenoxy) is 1. The number of carbonyl (C=O) groups is 3. The fourth-order valence-corrected chi connectivity index (χ4v) is 2.92. The lowest BCUT2D eigenvalue weighted by atomic mass is 10.0. The zero-order chi connectivity index (χ0) is 16.2. The molecule has 8 heteroatoms. The second-order valence-electron chi connectivity index (χ2n) is 4.25. The maximum Gasteiger partial charge on any atom is 0.328 e. The first-order valence-electron chi connectivity index (χ1n) is 5.89. The molecule has 0 saturated carbocycles. The quantitative estimate of drug-likeness (QED) is 0.430. The van der Waals surface area contributed by atoms with Gasteiger partial charge in [0.2, 0.25) is 5.91 Å². The summed E-state index contributed by atoms with van der Waals surface area (Å²) in [5.74, 6) is -1.49. The van der Waals surface area contributed by atoms with E-state index in [2.05, 4.69) is 41.9 Å². The Hall–Kier alpha value is -1.41. The van der Waals surface area contributed by atoms with Crippen LogP contribution in [0.3, 0.4) is 0 Å². The number of ketones is 1. The molecule has 0 bridgehead atoms. The molecule has 1 amide bonds. The monoisotopic (exact) mass is 420 g/mol. The fourth-order valence-electron chi connectivity index (χ4n) is 1.69. The molecular formula is C13H14Br2N2O4. The van der Waals surface area contributed by atoms with Crippen LogP contribution in [0, 0.1) is 0 Å². The normalized spacial score (nSPS) is 11.6. The van der Waals surface area contributed by atoms with Crippen molar-refractivity contribution in [3.8, 4) is 0 Å². The average molecular weight is 422 g/mol. The van der Waals surface area contributed by atoms with Gasteiger partial charge in [0, 0.05) is 27.9 Å². The van der Waals surface area contributed by atoms with Crippen LogP contribution in [0.25, 0.3) is 0 Å². The molecular weight excluding hydrogens is 408 g/mol. The molecule has 0 aromatic heterocycles. The molecule has 0 aliphatic carbocycles. The summed E-state index contributed by atoms with van der Waals surface area (Å²) < 4.78 is 5.80. The van der Waals surface area contributed by atoms with E-state index in [0.29, 0.717) is 8.95 Å². The Labute approximate surface area is 138 Å². The molecule has 1 atom stereocenters. The third-order valence-electron chi connectivity index (χ3n) is 2.65. The number of rotatable bonds is 5. The van der Waals surface area contributed by atoms with Gasteiger partial charge >= 0.3 is 5.97 Å². The number of hydrogen-bond donors (Lipinski definition) is 2. The molecule has 0 aliphatic heterocycles. The van der Waals surface area contributed by atoms with Gasteiger partial charge < -0.3 is 15.8 Å². The molecule has 6 nitrogen and oxygen atoms in total. The van der Waals surface area contributed by atoms with Gasteiger partial charge in [0.25, 0.3) is 0 Å². The summed E-state index contributed by atoms with van der Waals surface area (Å²) in [7, 11) is 1.19. The molecule has 3 N–H and O–H groups in total. The van der Waals surface area contributed by atoms with Crippen molar-refractivity contribution in [2.24, 2.45) is 0 Å². The number of anilines is 1. The minimum Gasteiger partial charge on any atom is -0.467 e. The van der Waals surface area contributed by atoms with Gasteiger partial charge in [-0.1, -0.05) is 15.9 Å². The highest BCUT2D eigenvalue weighted by atomic mass is 79.9. The van der Waals surface area contributed by atoms with Gasteiger partial charge in [0.15, 0.2) is 5.78 Å². The number of carbonyl (C=O) groups excluding carboxylic acids is 3. The summed E-state index contributed by atoms with van der Waals surface area (Å²) in [4.78, 5) is 35.0. The molecule has 0 aliphatic rings. The summed E-state index contributed by atoms with van der Waals surface area (Å²) in [5.41, 5.74) is 6.38. The summed E-state index contributed by atoms with van der Waals surface area (Å²) in [6.07, 6.45) is -0.237. The van der Waals surface area contributed by atoms with E-state index >= 15 is 0 Å². The fraction of sp³-hybridized carbons (Fsp3) is 0.308. The van der Waals surface area contributed by atoms with Crippen LogP contribution in [0.4, 0.5) is 5.69 Å². The summed E-state index contributed by atoms with van der Waals surface area (Å²) in [6.45, 7) is 1.25. The zero-order valence-corrected chi connectivity index (χ0v) is 14.6. The topological polar surface area (TPSA) is 98.5 Å². The van der Waals surface area contributed by atoms with Crippen LogP contribution >= 0.6 is 31.9 Å². The van der Waals surface area contributed by atoms with Crippen molar-refractivity contribution in [1.29, 1.82) is 0 Å². The number of methoxy groups -OCH3 is 1. The van der Waals surface area contributed by atoms with Crippen LogP contribution in [0.15, 0.2) is 21.1 Å². The molecule has 1 aromatic carbocycles. The van der Waals surface area contributed by atoms with Crippen LogP contribution in [0.5, 0.6) is 0 Å². The molecule has 1 aromatic rings. The highest BCUT2D eigenvalue weighted by Crippen LogP contribution is 2.29. The number of nitrogen functional groups attached to an aromatic ring is 1. The molecule has 0 fully saturated rings. The Morgan fingerprint density at radius 2 is 1.95 bits per heavy atom. The van der Waals surface area contributed by atoms with Crippen molar-refractivity contribution in [1.82, 2.24) is 5.32 Å². The lowest BCUT2D eigenvalue weighted by Gasteiger charge is -2.15. The molecule has 0 spiro atoms. The van der Waals surface area contributed by atoms with Crippen molar-refractivity contribution in [3.05, 3.63) is 26.6 Å². The summed E-state index contributed by atoms with van der Waals surface area (Å²) in [6, 6.07) is 2.22. The van der Waals surface area contributed by atoms with E-state index < -0.39 is 17.9 Å². The number of benzene rings is 1. The van der Waals surface area contributed by atoms with Crippen LogP contribution in [-0.2, 0) is 14.3 Å². The lowest BCUT2D eigenvalue weighted by molar-refractivity contribution is -0.144. The predicted molar refractivity (Wildman–Crippen MR) is 84.8 cm³/mol. The largest absolute Gasteiger partial charge is 0.467 e. The standard InChI is InChI=1S/C13H14Br2N2O4/c1-6(18)17-10(13(20)21-2)5-11(19)8-3-7(14)4-9(15)12(8)16/h3-4,10H,5,16H2,1-2H3,(H,17,18)/t10-/m0/s1. The number of nitrogens with two attached hydrogens (primary N) is 1. The highest BCUT2D eigenvalue weighted by Gasteiger charge is 2.25. The molecule has 0 unspecified atom stereocenters. The van der Waals surface area contributed by atoms with Crippen molar-refractivity contribution >= 4 is 55.2 Å². The Kier molecular flexibility index (Phi) is 6.35. The number of Topliss-reactive ketones (excluding diaryl/α,β-unsaturated/α-hetero) is 1. The Balaban J connectivity index is 3.02. The van der Waals surface area contributed by atoms with Gasteiger partial charge in [-0.2, -0.15) is 0 Å². The number of amides is 1. The zero-order valence-electron chi connectivity index (χ0n) is 11.4. The van der Waals surface area contributed by atoms with E-state index in [4.69, 9.17) is 5.73 Å². The average Bonchev–Trinajstić information content (AvgIpc) is 2.40. The first-order valence-corrected chi connectivity index (χ1v) is 7.47. The maximum atomic E-state index is 12.3. The Bertz CT molecular complexity index is 590. The van der Waals surface area contributed by atoms with E-state index in [1.807, 2.05) is 0 Å². The van der Waals surface area contributed by atoms with E-state index in [-0.39, 0.29) is 23.5 Å². The molecule has 1 rings (SSSR count). The van der Waals surface area contributed by atoms with Gasteiger partial charge in [0.1, 0.15) is 6.04 Å². The van der Waals surface area contributed by atoms with Gasteiger partial charge in [0.05, 0.1) is 12.8 Å². The molecule has 114 valence electrons. The van der Waals surface area contributed by atoms with Crippen LogP contribution < -0.4 is 11.1 Å². The molecule has 0 radical (unpaired) electrons. The smallest absolute Gasteiger partial charge is 0.328 e. The second kappa shape index (κ2) is 7.56. The van der Waals surface area contributed by atoms with E-state index in [1.54, 1.807) is 12.1 Å². The van der Waals surface area contributed by atoms with Crippen LogP contribution in [0.2, 0.25) is 0 Å². The first kappa shape index (κ1) is 17.6. The SMILES string of the molecule is COC(=O)[C@H](CC(=O)c1cc(Br)cc(Br)c1N)NC(C)=O. The molecule has 21 heavy (non-hydrogen) atoms.